The van der Waals surface area contributed by atoms with Crippen LogP contribution in [0.3, 0.4) is 0 Å². The summed E-state index contributed by atoms with van der Waals surface area (Å²) < 4.78 is 7.69. The zero-order valence-corrected chi connectivity index (χ0v) is 16.1. The molecule has 140 valence electrons. The molecule has 1 aromatic heterocycles. The second-order valence-electron chi connectivity index (χ2n) is 6.59. The molecule has 0 unspecified atom stereocenters. The first-order chi connectivity index (χ1) is 13.1. The van der Waals surface area contributed by atoms with Gasteiger partial charge in [0.2, 0.25) is 0 Å². The molecular weight excluding hydrogens is 338 g/mol. The van der Waals surface area contributed by atoms with Crippen molar-refractivity contribution < 1.29 is 9.53 Å². The maximum Gasteiger partial charge on any atom is 0.257 e. The van der Waals surface area contributed by atoms with Gasteiger partial charge in [0.05, 0.1) is 11.8 Å². The van der Waals surface area contributed by atoms with Gasteiger partial charge in [-0.05, 0) is 43.2 Å². The average molecular weight is 363 g/mol. The Balaban J connectivity index is 1.63. The number of rotatable bonds is 7. The molecule has 3 rings (SSSR count). The van der Waals surface area contributed by atoms with E-state index >= 15 is 0 Å². The van der Waals surface area contributed by atoms with Crippen LogP contribution in [0.2, 0.25) is 0 Å². The number of carbonyl (C=O) groups is 1. The molecule has 0 aliphatic rings. The Hall–Kier alpha value is -3.08. The van der Waals surface area contributed by atoms with E-state index in [9.17, 15) is 4.79 Å². The summed E-state index contributed by atoms with van der Waals surface area (Å²) in [5.41, 5.74) is 2.63. The Bertz CT molecular complexity index is 886. The maximum absolute atomic E-state index is 12.7. The molecule has 0 saturated carbocycles. The van der Waals surface area contributed by atoms with Crippen molar-refractivity contribution in [1.29, 1.82) is 0 Å². The number of hydrogen-bond donors (Lipinski definition) is 0. The van der Waals surface area contributed by atoms with Gasteiger partial charge in [0.15, 0.2) is 0 Å². The van der Waals surface area contributed by atoms with E-state index in [-0.39, 0.29) is 5.91 Å². The average Bonchev–Trinajstić information content (AvgIpc) is 3.04. The van der Waals surface area contributed by atoms with E-state index in [2.05, 4.69) is 12.0 Å². The molecule has 0 atom stereocenters. The van der Waals surface area contributed by atoms with Gasteiger partial charge in [-0.3, -0.25) is 9.48 Å². The van der Waals surface area contributed by atoms with E-state index in [0.717, 1.165) is 35.7 Å². The van der Waals surface area contributed by atoms with E-state index in [1.165, 1.54) is 0 Å². The second kappa shape index (κ2) is 8.54. The van der Waals surface area contributed by atoms with Crippen molar-refractivity contribution in [3.8, 4) is 11.5 Å². The highest BCUT2D eigenvalue weighted by Gasteiger charge is 2.18. The van der Waals surface area contributed by atoms with Crippen molar-refractivity contribution in [1.82, 2.24) is 14.7 Å². The summed E-state index contributed by atoms with van der Waals surface area (Å²) >= 11 is 0. The van der Waals surface area contributed by atoms with Crippen molar-refractivity contribution in [3.63, 3.8) is 0 Å². The molecule has 0 spiro atoms. The number of hydrogen-bond acceptors (Lipinski definition) is 3. The molecule has 5 heteroatoms. The first-order valence-electron chi connectivity index (χ1n) is 9.18. The van der Waals surface area contributed by atoms with Crippen molar-refractivity contribution >= 4 is 5.91 Å². The van der Waals surface area contributed by atoms with Crippen LogP contribution in [0.1, 0.15) is 35.0 Å². The van der Waals surface area contributed by atoms with Gasteiger partial charge in [-0.1, -0.05) is 37.3 Å². The van der Waals surface area contributed by atoms with Gasteiger partial charge < -0.3 is 9.64 Å². The number of para-hydroxylation sites is 1. The Kier molecular flexibility index (Phi) is 5.91. The van der Waals surface area contributed by atoms with Gasteiger partial charge in [0.1, 0.15) is 11.5 Å². The quantitative estimate of drug-likeness (QED) is 0.613. The fourth-order valence-corrected chi connectivity index (χ4v) is 2.93. The molecule has 0 fully saturated rings. The predicted octanol–water partition coefficient (Wildman–Crippen LogP) is 4.67. The molecule has 0 aliphatic carbocycles. The topological polar surface area (TPSA) is 47.4 Å². The van der Waals surface area contributed by atoms with E-state index in [1.54, 1.807) is 11.1 Å². The second-order valence-corrected chi connectivity index (χ2v) is 6.59. The van der Waals surface area contributed by atoms with Crippen LogP contribution in [0.15, 0.2) is 60.8 Å². The highest BCUT2D eigenvalue weighted by Crippen LogP contribution is 2.22. The maximum atomic E-state index is 12.7. The van der Waals surface area contributed by atoms with E-state index in [0.29, 0.717) is 12.1 Å². The van der Waals surface area contributed by atoms with E-state index in [4.69, 9.17) is 4.74 Å². The lowest BCUT2D eigenvalue weighted by molar-refractivity contribution is 0.0784. The molecule has 3 aromatic rings. The van der Waals surface area contributed by atoms with E-state index < -0.39 is 0 Å². The summed E-state index contributed by atoms with van der Waals surface area (Å²) in [5, 5.41) is 4.32. The van der Waals surface area contributed by atoms with Gasteiger partial charge in [-0.2, -0.15) is 5.10 Å². The minimum atomic E-state index is -0.0144. The first-order valence-corrected chi connectivity index (χ1v) is 9.18. The van der Waals surface area contributed by atoms with Crippen molar-refractivity contribution in [2.75, 3.05) is 7.05 Å². The van der Waals surface area contributed by atoms with Crippen molar-refractivity contribution in [2.45, 2.75) is 33.4 Å². The number of aryl methyl sites for hydroxylation is 1. The lowest BCUT2D eigenvalue weighted by atomic mass is 10.2. The van der Waals surface area contributed by atoms with E-state index in [1.807, 2.05) is 73.3 Å². The lowest BCUT2D eigenvalue weighted by Gasteiger charge is -2.17. The largest absolute Gasteiger partial charge is 0.457 e. The zero-order valence-electron chi connectivity index (χ0n) is 16.1. The fourth-order valence-electron chi connectivity index (χ4n) is 2.93. The third-order valence-electron chi connectivity index (χ3n) is 4.44. The van der Waals surface area contributed by atoms with Crippen LogP contribution in [-0.4, -0.2) is 27.6 Å². The third-order valence-corrected chi connectivity index (χ3v) is 4.44. The number of carbonyl (C=O) groups excluding carboxylic acids is 1. The number of nitrogens with zero attached hydrogens (tertiary/aromatic N) is 3. The lowest BCUT2D eigenvalue weighted by Crippen LogP contribution is -2.26. The summed E-state index contributed by atoms with van der Waals surface area (Å²) in [6, 6.07) is 17.5. The molecule has 0 aliphatic heterocycles. The molecule has 1 amide bonds. The van der Waals surface area contributed by atoms with Crippen molar-refractivity contribution in [3.05, 3.63) is 77.6 Å². The molecule has 0 saturated heterocycles. The number of benzene rings is 2. The zero-order chi connectivity index (χ0) is 19.2. The first kappa shape index (κ1) is 18.7. The van der Waals surface area contributed by atoms with Gasteiger partial charge >= 0.3 is 0 Å². The molecular formula is C22H25N3O2. The van der Waals surface area contributed by atoms with Crippen LogP contribution in [0.25, 0.3) is 0 Å². The smallest absolute Gasteiger partial charge is 0.257 e. The van der Waals surface area contributed by atoms with Crippen LogP contribution in [0.4, 0.5) is 0 Å². The Morgan fingerprint density at radius 3 is 2.41 bits per heavy atom. The Morgan fingerprint density at radius 2 is 1.74 bits per heavy atom. The minimum absolute atomic E-state index is 0.0144. The fraction of sp³-hybridized carbons (Fsp3) is 0.273. The number of amides is 1. The number of ether oxygens (including phenoxy) is 1. The summed E-state index contributed by atoms with van der Waals surface area (Å²) in [4.78, 5) is 14.5. The predicted molar refractivity (Wildman–Crippen MR) is 106 cm³/mol. The molecule has 0 radical (unpaired) electrons. The Labute approximate surface area is 160 Å². The van der Waals surface area contributed by atoms with Crippen LogP contribution in [0.5, 0.6) is 11.5 Å². The monoisotopic (exact) mass is 363 g/mol. The molecule has 0 bridgehead atoms. The minimum Gasteiger partial charge on any atom is -0.457 e. The van der Waals surface area contributed by atoms with Crippen LogP contribution in [0, 0.1) is 6.92 Å². The normalized spacial score (nSPS) is 10.6. The Morgan fingerprint density at radius 1 is 1.07 bits per heavy atom. The highest BCUT2D eigenvalue weighted by atomic mass is 16.5. The molecule has 5 nitrogen and oxygen atoms in total. The molecule has 2 aromatic carbocycles. The molecule has 27 heavy (non-hydrogen) atoms. The van der Waals surface area contributed by atoms with Gasteiger partial charge in [0.25, 0.3) is 5.91 Å². The summed E-state index contributed by atoms with van der Waals surface area (Å²) in [6.45, 7) is 5.40. The standard InChI is InChI=1S/C22H25N3O2/c1-4-14-25-17(2)21(15-23-25)22(26)24(3)16-18-10-12-20(13-11-18)27-19-8-6-5-7-9-19/h5-13,15H,4,14,16H2,1-3H3. The van der Waals surface area contributed by atoms with Crippen molar-refractivity contribution in [2.24, 2.45) is 0 Å². The van der Waals surface area contributed by atoms with Gasteiger partial charge in [-0.25, -0.2) is 0 Å². The number of aromatic nitrogens is 2. The SMILES string of the molecule is CCCn1ncc(C(=O)N(C)Cc2ccc(Oc3ccccc3)cc2)c1C. The van der Waals surface area contributed by atoms with Crippen LogP contribution >= 0.6 is 0 Å². The highest BCUT2D eigenvalue weighted by molar-refractivity contribution is 5.94. The summed E-state index contributed by atoms with van der Waals surface area (Å²) in [6.07, 6.45) is 2.66. The molecule has 1 heterocycles. The third kappa shape index (κ3) is 4.56. The molecule has 0 N–H and O–H groups in total. The van der Waals surface area contributed by atoms with Gasteiger partial charge in [-0.15, -0.1) is 0 Å². The summed E-state index contributed by atoms with van der Waals surface area (Å²) in [5.74, 6) is 1.56. The van der Waals surface area contributed by atoms with Crippen LogP contribution < -0.4 is 4.74 Å². The summed E-state index contributed by atoms with van der Waals surface area (Å²) in [7, 11) is 1.81. The van der Waals surface area contributed by atoms with Crippen LogP contribution in [-0.2, 0) is 13.1 Å². The van der Waals surface area contributed by atoms with Gasteiger partial charge in [0, 0.05) is 25.8 Å².